The Hall–Kier alpha value is -1.73. The molecule has 3 nitrogen and oxygen atoms in total. The summed E-state index contributed by atoms with van der Waals surface area (Å²) < 4.78 is 0.924. The van der Waals surface area contributed by atoms with Crippen LogP contribution >= 0.6 is 33.9 Å². The Morgan fingerprint density at radius 2 is 1.76 bits per heavy atom. The Kier molecular flexibility index (Phi) is 4.31. The third kappa shape index (κ3) is 3.30. The van der Waals surface area contributed by atoms with E-state index in [9.17, 15) is 4.79 Å². The number of halogens is 1. The van der Waals surface area contributed by atoms with Gasteiger partial charge in [0, 0.05) is 14.5 Å². The van der Waals surface area contributed by atoms with Gasteiger partial charge in [0.05, 0.1) is 11.3 Å². The molecule has 2 aromatic carbocycles. The number of amides is 1. The van der Waals surface area contributed by atoms with Crippen LogP contribution in [0, 0.1) is 3.57 Å². The van der Waals surface area contributed by atoms with E-state index in [2.05, 4.69) is 32.9 Å². The van der Waals surface area contributed by atoms with Gasteiger partial charge in [0.15, 0.2) is 5.13 Å². The Labute approximate surface area is 140 Å². The van der Waals surface area contributed by atoms with Gasteiger partial charge in [0.2, 0.25) is 0 Å². The molecule has 1 heterocycles. The fraction of sp³-hybridized carbons (Fsp3) is 0. The molecule has 0 fully saturated rings. The van der Waals surface area contributed by atoms with Crippen molar-refractivity contribution < 1.29 is 4.79 Å². The molecule has 1 N–H and O–H groups in total. The molecule has 3 rings (SSSR count). The zero-order valence-electron chi connectivity index (χ0n) is 10.9. The van der Waals surface area contributed by atoms with Gasteiger partial charge in [-0.15, -0.1) is 11.3 Å². The Balaban J connectivity index is 1.79. The van der Waals surface area contributed by atoms with Crippen LogP contribution in [0.3, 0.4) is 0 Å². The molecule has 0 saturated carbocycles. The van der Waals surface area contributed by atoms with Crippen molar-refractivity contribution in [3.8, 4) is 11.3 Å². The van der Waals surface area contributed by atoms with Gasteiger partial charge in [0.25, 0.3) is 5.91 Å². The quantitative estimate of drug-likeness (QED) is 0.643. The van der Waals surface area contributed by atoms with Crippen LogP contribution in [-0.2, 0) is 0 Å². The minimum atomic E-state index is -0.131. The number of nitrogens with zero attached hydrogens (tertiary/aromatic N) is 1. The lowest BCUT2D eigenvalue weighted by Crippen LogP contribution is -2.13. The van der Waals surface area contributed by atoms with Crippen LogP contribution in [0.25, 0.3) is 11.3 Å². The molecule has 1 aromatic heterocycles. The second kappa shape index (κ2) is 6.36. The number of hydrogen-bond donors (Lipinski definition) is 1. The lowest BCUT2D eigenvalue weighted by molar-refractivity contribution is 0.102. The summed E-state index contributed by atoms with van der Waals surface area (Å²) in [5, 5.41) is 5.41. The van der Waals surface area contributed by atoms with E-state index < -0.39 is 0 Å². The predicted octanol–water partition coefficient (Wildman–Crippen LogP) is 4.67. The molecular weight excluding hydrogens is 395 g/mol. The molecule has 1 amide bonds. The maximum Gasteiger partial charge on any atom is 0.258 e. The molecule has 0 saturated heterocycles. The number of benzene rings is 2. The first kappa shape index (κ1) is 14.2. The molecule has 21 heavy (non-hydrogen) atoms. The topological polar surface area (TPSA) is 42.0 Å². The second-order valence-electron chi connectivity index (χ2n) is 4.34. The van der Waals surface area contributed by atoms with Crippen LogP contribution in [-0.4, -0.2) is 10.9 Å². The van der Waals surface area contributed by atoms with E-state index in [4.69, 9.17) is 0 Å². The number of thiazole rings is 1. The predicted molar refractivity (Wildman–Crippen MR) is 94.7 cm³/mol. The molecular formula is C16H11IN2OS. The minimum Gasteiger partial charge on any atom is -0.298 e. The smallest absolute Gasteiger partial charge is 0.258 e. The number of nitrogens with one attached hydrogen (secondary N) is 1. The maximum atomic E-state index is 12.2. The van der Waals surface area contributed by atoms with E-state index in [1.165, 1.54) is 11.3 Å². The SMILES string of the molecule is O=C(Nc1nc(-c2ccccc2)cs1)c1ccccc1I. The lowest BCUT2D eigenvalue weighted by Gasteiger charge is -2.03. The first-order valence-electron chi connectivity index (χ1n) is 6.31. The number of rotatable bonds is 3. The van der Waals surface area contributed by atoms with E-state index in [0.717, 1.165) is 14.8 Å². The van der Waals surface area contributed by atoms with Gasteiger partial charge in [-0.25, -0.2) is 4.98 Å². The van der Waals surface area contributed by atoms with Gasteiger partial charge in [0.1, 0.15) is 0 Å². The molecule has 0 aliphatic carbocycles. The standard InChI is InChI=1S/C16H11IN2OS/c17-13-9-5-4-8-12(13)15(20)19-16-18-14(10-21-16)11-6-2-1-3-7-11/h1-10H,(H,18,19,20). The summed E-state index contributed by atoms with van der Waals surface area (Å²) in [5.41, 5.74) is 2.58. The fourth-order valence-electron chi connectivity index (χ4n) is 1.88. The molecule has 0 aliphatic heterocycles. The number of hydrogen-bond acceptors (Lipinski definition) is 3. The van der Waals surface area contributed by atoms with Crippen LogP contribution in [0.2, 0.25) is 0 Å². The van der Waals surface area contributed by atoms with Crippen molar-refractivity contribution in [3.63, 3.8) is 0 Å². The Bertz CT molecular complexity index is 771. The molecule has 3 aromatic rings. The molecule has 0 unspecified atom stereocenters. The van der Waals surface area contributed by atoms with E-state index >= 15 is 0 Å². The van der Waals surface area contributed by atoms with Crippen LogP contribution < -0.4 is 5.32 Å². The summed E-state index contributed by atoms with van der Waals surface area (Å²) >= 11 is 3.58. The highest BCUT2D eigenvalue weighted by atomic mass is 127. The number of anilines is 1. The van der Waals surface area contributed by atoms with Crippen molar-refractivity contribution in [1.82, 2.24) is 4.98 Å². The van der Waals surface area contributed by atoms with E-state index in [-0.39, 0.29) is 5.91 Å². The largest absolute Gasteiger partial charge is 0.298 e. The average molecular weight is 406 g/mol. The van der Waals surface area contributed by atoms with Crippen LogP contribution in [0.5, 0.6) is 0 Å². The molecule has 0 bridgehead atoms. The molecule has 0 spiro atoms. The van der Waals surface area contributed by atoms with Gasteiger partial charge in [-0.05, 0) is 34.7 Å². The van der Waals surface area contributed by atoms with Crippen molar-refractivity contribution in [2.75, 3.05) is 5.32 Å². The normalized spacial score (nSPS) is 10.3. The number of carbonyl (C=O) groups excluding carboxylic acids is 1. The molecule has 104 valence electrons. The second-order valence-corrected chi connectivity index (χ2v) is 6.36. The number of carbonyl (C=O) groups is 1. The highest BCUT2D eigenvalue weighted by Crippen LogP contribution is 2.25. The summed E-state index contributed by atoms with van der Waals surface area (Å²) in [4.78, 5) is 16.7. The van der Waals surface area contributed by atoms with Crippen LogP contribution in [0.1, 0.15) is 10.4 Å². The monoisotopic (exact) mass is 406 g/mol. The molecule has 5 heteroatoms. The summed E-state index contributed by atoms with van der Waals surface area (Å²) in [6, 6.07) is 17.4. The van der Waals surface area contributed by atoms with Crippen LogP contribution in [0.4, 0.5) is 5.13 Å². The van der Waals surface area contributed by atoms with Crippen molar-refractivity contribution in [1.29, 1.82) is 0 Å². The third-order valence-corrected chi connectivity index (χ3v) is 4.61. The summed E-state index contributed by atoms with van der Waals surface area (Å²) in [5.74, 6) is -0.131. The van der Waals surface area contributed by atoms with E-state index in [1.54, 1.807) is 0 Å². The van der Waals surface area contributed by atoms with Gasteiger partial charge in [-0.2, -0.15) is 0 Å². The third-order valence-electron chi connectivity index (χ3n) is 2.91. The summed E-state index contributed by atoms with van der Waals surface area (Å²) in [6.07, 6.45) is 0. The summed E-state index contributed by atoms with van der Waals surface area (Å²) in [6.45, 7) is 0. The van der Waals surface area contributed by atoms with Gasteiger partial charge < -0.3 is 0 Å². The van der Waals surface area contributed by atoms with Gasteiger partial charge in [-0.3, -0.25) is 10.1 Å². The fourth-order valence-corrected chi connectivity index (χ4v) is 3.23. The van der Waals surface area contributed by atoms with E-state index in [0.29, 0.717) is 10.7 Å². The Morgan fingerprint density at radius 3 is 2.52 bits per heavy atom. The molecule has 0 aliphatic rings. The zero-order chi connectivity index (χ0) is 14.7. The summed E-state index contributed by atoms with van der Waals surface area (Å²) in [7, 11) is 0. The highest BCUT2D eigenvalue weighted by molar-refractivity contribution is 14.1. The van der Waals surface area contributed by atoms with Crippen molar-refractivity contribution in [2.45, 2.75) is 0 Å². The van der Waals surface area contributed by atoms with Crippen molar-refractivity contribution >= 4 is 45.0 Å². The maximum absolute atomic E-state index is 12.2. The Morgan fingerprint density at radius 1 is 1.05 bits per heavy atom. The van der Waals surface area contributed by atoms with E-state index in [1.807, 2.05) is 60.0 Å². The van der Waals surface area contributed by atoms with Gasteiger partial charge >= 0.3 is 0 Å². The zero-order valence-corrected chi connectivity index (χ0v) is 13.9. The minimum absolute atomic E-state index is 0.131. The highest BCUT2D eigenvalue weighted by Gasteiger charge is 2.12. The molecule has 0 atom stereocenters. The van der Waals surface area contributed by atoms with Gasteiger partial charge in [-0.1, -0.05) is 42.5 Å². The van der Waals surface area contributed by atoms with Crippen molar-refractivity contribution in [3.05, 3.63) is 69.1 Å². The van der Waals surface area contributed by atoms with Crippen molar-refractivity contribution in [2.24, 2.45) is 0 Å². The lowest BCUT2D eigenvalue weighted by atomic mass is 10.2. The first-order valence-corrected chi connectivity index (χ1v) is 8.27. The average Bonchev–Trinajstić information content (AvgIpc) is 2.97. The first-order chi connectivity index (χ1) is 10.2. The van der Waals surface area contributed by atoms with Crippen LogP contribution in [0.15, 0.2) is 60.0 Å². The number of aromatic nitrogens is 1. The molecule has 0 radical (unpaired) electrons.